The SMILES string of the molecule is NCC(CO)c1ccc(-c2ccccc2)s1. The molecule has 84 valence electrons. The Balaban J connectivity index is 2.26. The zero-order valence-corrected chi connectivity index (χ0v) is 9.78. The molecule has 1 heterocycles. The number of thiophene rings is 1. The number of hydrogen-bond acceptors (Lipinski definition) is 3. The molecule has 0 spiro atoms. The minimum Gasteiger partial charge on any atom is -0.396 e. The van der Waals surface area contributed by atoms with Crippen LogP contribution < -0.4 is 5.73 Å². The third-order valence-corrected chi connectivity index (χ3v) is 3.89. The minimum absolute atomic E-state index is 0.0717. The molecule has 2 rings (SSSR count). The van der Waals surface area contributed by atoms with E-state index in [0.717, 1.165) is 4.88 Å². The number of benzene rings is 1. The third-order valence-electron chi connectivity index (χ3n) is 2.59. The van der Waals surface area contributed by atoms with Crippen LogP contribution in [0, 0.1) is 0 Å². The molecule has 3 heteroatoms. The van der Waals surface area contributed by atoms with E-state index in [-0.39, 0.29) is 12.5 Å². The van der Waals surface area contributed by atoms with Gasteiger partial charge in [-0.1, -0.05) is 30.3 Å². The highest BCUT2D eigenvalue weighted by Crippen LogP contribution is 2.31. The molecular formula is C13H15NOS. The van der Waals surface area contributed by atoms with Crippen LogP contribution in [0.25, 0.3) is 10.4 Å². The van der Waals surface area contributed by atoms with Crippen molar-refractivity contribution in [2.75, 3.05) is 13.2 Å². The van der Waals surface area contributed by atoms with Gasteiger partial charge in [0.2, 0.25) is 0 Å². The van der Waals surface area contributed by atoms with Crippen LogP contribution in [0.4, 0.5) is 0 Å². The second-order valence-corrected chi connectivity index (χ2v) is 4.80. The van der Waals surface area contributed by atoms with E-state index in [1.807, 2.05) is 18.2 Å². The molecule has 0 radical (unpaired) electrons. The lowest BCUT2D eigenvalue weighted by atomic mass is 10.1. The van der Waals surface area contributed by atoms with Crippen LogP contribution in [0.5, 0.6) is 0 Å². The molecule has 0 aliphatic carbocycles. The number of rotatable bonds is 4. The highest BCUT2D eigenvalue weighted by molar-refractivity contribution is 7.15. The fraction of sp³-hybridized carbons (Fsp3) is 0.231. The summed E-state index contributed by atoms with van der Waals surface area (Å²) in [6.45, 7) is 0.608. The fourth-order valence-electron chi connectivity index (χ4n) is 1.61. The molecule has 0 bridgehead atoms. The maximum Gasteiger partial charge on any atom is 0.0519 e. The number of aliphatic hydroxyl groups is 1. The van der Waals surface area contributed by atoms with Crippen molar-refractivity contribution in [3.05, 3.63) is 47.3 Å². The van der Waals surface area contributed by atoms with Gasteiger partial charge in [0.1, 0.15) is 0 Å². The first-order chi connectivity index (χ1) is 7.85. The van der Waals surface area contributed by atoms with Gasteiger partial charge in [0.15, 0.2) is 0 Å². The Morgan fingerprint density at radius 2 is 1.88 bits per heavy atom. The van der Waals surface area contributed by atoms with Gasteiger partial charge >= 0.3 is 0 Å². The van der Waals surface area contributed by atoms with Crippen molar-refractivity contribution in [2.24, 2.45) is 5.73 Å². The number of hydrogen-bond donors (Lipinski definition) is 2. The predicted octanol–water partition coefficient (Wildman–Crippen LogP) is 2.45. The van der Waals surface area contributed by atoms with Gasteiger partial charge in [0.25, 0.3) is 0 Å². The van der Waals surface area contributed by atoms with Crippen molar-refractivity contribution in [2.45, 2.75) is 5.92 Å². The van der Waals surface area contributed by atoms with Gasteiger partial charge in [0.05, 0.1) is 6.61 Å². The molecule has 0 saturated carbocycles. The fourth-order valence-corrected chi connectivity index (χ4v) is 2.73. The molecule has 2 nitrogen and oxygen atoms in total. The van der Waals surface area contributed by atoms with E-state index in [0.29, 0.717) is 6.54 Å². The van der Waals surface area contributed by atoms with Crippen molar-refractivity contribution in [3.63, 3.8) is 0 Å². The normalized spacial score (nSPS) is 12.6. The van der Waals surface area contributed by atoms with E-state index in [4.69, 9.17) is 5.73 Å². The zero-order chi connectivity index (χ0) is 11.4. The van der Waals surface area contributed by atoms with Crippen LogP contribution in [0.1, 0.15) is 10.8 Å². The minimum atomic E-state index is 0.0717. The van der Waals surface area contributed by atoms with Crippen molar-refractivity contribution in [1.82, 2.24) is 0 Å². The average molecular weight is 233 g/mol. The van der Waals surface area contributed by atoms with Crippen LogP contribution in [-0.4, -0.2) is 18.3 Å². The van der Waals surface area contributed by atoms with Crippen molar-refractivity contribution in [1.29, 1.82) is 0 Å². The molecule has 1 aromatic carbocycles. The smallest absolute Gasteiger partial charge is 0.0519 e. The maximum atomic E-state index is 9.19. The lowest BCUT2D eigenvalue weighted by Crippen LogP contribution is -2.14. The molecule has 0 saturated heterocycles. The Morgan fingerprint density at radius 1 is 1.12 bits per heavy atom. The lowest BCUT2D eigenvalue weighted by molar-refractivity contribution is 0.269. The van der Waals surface area contributed by atoms with Crippen LogP contribution in [0.2, 0.25) is 0 Å². The van der Waals surface area contributed by atoms with E-state index >= 15 is 0 Å². The summed E-state index contributed by atoms with van der Waals surface area (Å²) in [7, 11) is 0. The van der Waals surface area contributed by atoms with E-state index in [9.17, 15) is 5.11 Å². The summed E-state index contributed by atoms with van der Waals surface area (Å²) in [5, 5.41) is 9.19. The first-order valence-electron chi connectivity index (χ1n) is 5.31. The van der Waals surface area contributed by atoms with Crippen LogP contribution in [0.15, 0.2) is 42.5 Å². The quantitative estimate of drug-likeness (QED) is 0.852. The van der Waals surface area contributed by atoms with E-state index < -0.39 is 0 Å². The molecule has 2 aromatic rings. The Morgan fingerprint density at radius 3 is 2.50 bits per heavy atom. The van der Waals surface area contributed by atoms with Gasteiger partial charge in [-0.15, -0.1) is 11.3 Å². The first kappa shape index (κ1) is 11.3. The second-order valence-electron chi connectivity index (χ2n) is 3.68. The summed E-state index contributed by atoms with van der Waals surface area (Å²) in [6, 6.07) is 14.4. The maximum absolute atomic E-state index is 9.19. The van der Waals surface area contributed by atoms with Crippen molar-refractivity contribution < 1.29 is 5.11 Å². The Hall–Kier alpha value is -1.16. The highest BCUT2D eigenvalue weighted by Gasteiger charge is 2.11. The molecule has 0 aliphatic heterocycles. The molecular weight excluding hydrogens is 218 g/mol. The summed E-state index contributed by atoms with van der Waals surface area (Å²) in [4.78, 5) is 2.38. The second kappa shape index (κ2) is 5.25. The molecule has 1 unspecified atom stereocenters. The van der Waals surface area contributed by atoms with Gasteiger partial charge < -0.3 is 10.8 Å². The number of nitrogens with two attached hydrogens (primary N) is 1. The molecule has 1 atom stereocenters. The van der Waals surface area contributed by atoms with Gasteiger partial charge in [-0.2, -0.15) is 0 Å². The summed E-state index contributed by atoms with van der Waals surface area (Å²) in [5.41, 5.74) is 6.83. The predicted molar refractivity (Wildman–Crippen MR) is 68.6 cm³/mol. The standard InChI is InChI=1S/C13H15NOS/c14-8-11(9-15)13-7-6-12(16-13)10-4-2-1-3-5-10/h1-7,11,15H,8-9,14H2. The molecule has 0 aliphatic rings. The Kier molecular flexibility index (Phi) is 3.72. The van der Waals surface area contributed by atoms with Gasteiger partial charge in [-0.05, 0) is 17.7 Å². The molecule has 0 fully saturated rings. The van der Waals surface area contributed by atoms with Crippen LogP contribution in [0.3, 0.4) is 0 Å². The summed E-state index contributed by atoms with van der Waals surface area (Å²) in [6.07, 6.45) is 0. The van der Waals surface area contributed by atoms with Gasteiger partial charge in [-0.3, -0.25) is 0 Å². The lowest BCUT2D eigenvalue weighted by Gasteiger charge is -2.07. The highest BCUT2D eigenvalue weighted by atomic mass is 32.1. The Labute approximate surface area is 99.4 Å². The van der Waals surface area contributed by atoms with E-state index in [1.54, 1.807) is 11.3 Å². The summed E-state index contributed by atoms with van der Waals surface area (Å²) >= 11 is 1.70. The number of aliphatic hydroxyl groups excluding tert-OH is 1. The molecule has 1 aromatic heterocycles. The van der Waals surface area contributed by atoms with E-state index in [2.05, 4.69) is 24.3 Å². The van der Waals surface area contributed by atoms with Crippen molar-refractivity contribution in [3.8, 4) is 10.4 Å². The zero-order valence-electron chi connectivity index (χ0n) is 8.97. The molecule has 0 amide bonds. The van der Waals surface area contributed by atoms with Crippen LogP contribution in [-0.2, 0) is 0 Å². The molecule has 3 N–H and O–H groups in total. The molecule has 16 heavy (non-hydrogen) atoms. The Bertz CT molecular complexity index is 434. The van der Waals surface area contributed by atoms with Gasteiger partial charge in [-0.25, -0.2) is 0 Å². The third kappa shape index (κ3) is 2.32. The summed E-state index contributed by atoms with van der Waals surface area (Å²) in [5.74, 6) is 0.0717. The largest absolute Gasteiger partial charge is 0.396 e. The van der Waals surface area contributed by atoms with Crippen LogP contribution >= 0.6 is 11.3 Å². The average Bonchev–Trinajstić information content (AvgIpc) is 2.81. The topological polar surface area (TPSA) is 46.2 Å². The van der Waals surface area contributed by atoms with Gasteiger partial charge in [0, 0.05) is 22.2 Å². The van der Waals surface area contributed by atoms with E-state index in [1.165, 1.54) is 10.4 Å². The first-order valence-corrected chi connectivity index (χ1v) is 6.13. The monoisotopic (exact) mass is 233 g/mol. The summed E-state index contributed by atoms with van der Waals surface area (Å²) < 4.78 is 0. The van der Waals surface area contributed by atoms with Crippen molar-refractivity contribution >= 4 is 11.3 Å².